The van der Waals surface area contributed by atoms with Gasteiger partial charge < -0.3 is 19.3 Å². The Balaban J connectivity index is 1.26. The largest absolute Gasteiger partial charge is 0.415 e. The van der Waals surface area contributed by atoms with E-state index in [-0.39, 0.29) is 12.1 Å². The van der Waals surface area contributed by atoms with E-state index < -0.39 is 0 Å². The van der Waals surface area contributed by atoms with E-state index in [0.717, 1.165) is 38.7 Å². The van der Waals surface area contributed by atoms with E-state index in [2.05, 4.69) is 4.90 Å². The number of benzene rings is 1. The Hall–Kier alpha value is -1.30. The van der Waals surface area contributed by atoms with Crippen LogP contribution in [0.3, 0.4) is 0 Å². The molecule has 162 valence electrons. The molecule has 1 heterocycles. The van der Waals surface area contributed by atoms with E-state index in [0.29, 0.717) is 16.9 Å². The highest BCUT2D eigenvalue weighted by atomic mass is 35.5. The molecule has 0 radical (unpaired) electrons. The van der Waals surface area contributed by atoms with Crippen LogP contribution in [0.4, 0.5) is 4.79 Å². The molecule has 1 aliphatic carbocycles. The molecule has 1 aliphatic heterocycles. The second-order valence-electron chi connectivity index (χ2n) is 8.34. The van der Waals surface area contributed by atoms with Crippen molar-refractivity contribution in [2.75, 3.05) is 33.3 Å². The summed E-state index contributed by atoms with van der Waals surface area (Å²) in [6.07, 6.45) is 10.4. The maximum absolute atomic E-state index is 12.4. The lowest BCUT2D eigenvalue weighted by molar-refractivity contribution is 0.0104. The van der Waals surface area contributed by atoms with Gasteiger partial charge in [0.15, 0.2) is 0 Å². The number of nitrogens with zero attached hydrogens (tertiary/aromatic N) is 2. The van der Waals surface area contributed by atoms with Crippen molar-refractivity contribution >= 4 is 17.7 Å². The second kappa shape index (κ2) is 11.8. The molecular formula is C23H35ClN2O3. The van der Waals surface area contributed by atoms with E-state index in [1.165, 1.54) is 45.3 Å². The van der Waals surface area contributed by atoms with Crippen LogP contribution in [0.5, 0.6) is 5.75 Å². The molecule has 5 nitrogen and oxygen atoms in total. The van der Waals surface area contributed by atoms with Crippen molar-refractivity contribution in [3.63, 3.8) is 0 Å². The summed E-state index contributed by atoms with van der Waals surface area (Å²) >= 11 is 5.87. The Kier molecular flexibility index (Phi) is 9.09. The molecule has 0 bridgehead atoms. The van der Waals surface area contributed by atoms with Crippen molar-refractivity contribution in [1.82, 2.24) is 9.80 Å². The molecule has 2 aliphatic rings. The van der Waals surface area contributed by atoms with Crippen molar-refractivity contribution in [2.24, 2.45) is 0 Å². The van der Waals surface area contributed by atoms with Crippen LogP contribution in [0.25, 0.3) is 0 Å². The molecule has 0 aromatic heterocycles. The number of amides is 1. The summed E-state index contributed by atoms with van der Waals surface area (Å²) in [5.74, 6) is 0.521. The van der Waals surface area contributed by atoms with Crippen molar-refractivity contribution in [1.29, 1.82) is 0 Å². The molecule has 0 atom stereocenters. The van der Waals surface area contributed by atoms with Crippen LogP contribution >= 0.6 is 11.6 Å². The normalized spacial score (nSPS) is 22.6. The molecule has 2 fully saturated rings. The van der Waals surface area contributed by atoms with Crippen LogP contribution < -0.4 is 4.74 Å². The number of carbonyl (C=O) groups excluding carboxylic acids is 1. The molecule has 0 spiro atoms. The van der Waals surface area contributed by atoms with Crippen molar-refractivity contribution in [3.05, 3.63) is 29.3 Å². The minimum Gasteiger partial charge on any atom is -0.410 e. The van der Waals surface area contributed by atoms with Crippen LogP contribution in [-0.2, 0) is 4.74 Å². The first-order valence-electron chi connectivity index (χ1n) is 11.2. The fourth-order valence-electron chi connectivity index (χ4n) is 4.29. The highest BCUT2D eigenvalue weighted by Gasteiger charge is 2.27. The predicted octanol–water partition coefficient (Wildman–Crippen LogP) is 5.36. The van der Waals surface area contributed by atoms with Crippen molar-refractivity contribution in [3.8, 4) is 5.75 Å². The molecule has 1 saturated heterocycles. The number of hydrogen-bond donors (Lipinski definition) is 0. The third kappa shape index (κ3) is 7.47. The number of likely N-dealkylation sites (tertiary alicyclic amines) is 1. The zero-order chi connectivity index (χ0) is 20.5. The third-order valence-corrected chi connectivity index (χ3v) is 6.42. The minimum absolute atomic E-state index is 0.218. The molecule has 0 N–H and O–H groups in total. The van der Waals surface area contributed by atoms with Crippen molar-refractivity contribution in [2.45, 2.75) is 69.9 Å². The van der Waals surface area contributed by atoms with Gasteiger partial charge in [-0.2, -0.15) is 0 Å². The Bertz CT molecular complexity index is 611. The summed E-state index contributed by atoms with van der Waals surface area (Å²) in [5.41, 5.74) is 0. The van der Waals surface area contributed by atoms with E-state index in [1.54, 1.807) is 29.2 Å². The SMILES string of the molecule is CN(C(=O)Oc1ccc(Cl)cc1)[C@H]1CC[C@H](OCCCCCN2CCCC2)CC1. The molecule has 29 heavy (non-hydrogen) atoms. The first-order chi connectivity index (χ1) is 14.1. The lowest BCUT2D eigenvalue weighted by Crippen LogP contribution is -2.42. The first kappa shape index (κ1) is 22.4. The van der Waals surface area contributed by atoms with Gasteiger partial charge in [-0.3, -0.25) is 0 Å². The number of carbonyl (C=O) groups is 1. The van der Waals surface area contributed by atoms with Gasteiger partial charge in [0.05, 0.1) is 6.10 Å². The number of rotatable bonds is 9. The number of halogens is 1. The molecule has 0 unspecified atom stereocenters. The van der Waals surface area contributed by atoms with Gasteiger partial charge in [0.25, 0.3) is 0 Å². The molecule has 1 amide bonds. The van der Waals surface area contributed by atoms with Crippen LogP contribution in [-0.4, -0.2) is 61.3 Å². The monoisotopic (exact) mass is 422 g/mol. The predicted molar refractivity (Wildman–Crippen MR) is 117 cm³/mol. The van der Waals surface area contributed by atoms with Crippen LogP contribution in [0.2, 0.25) is 5.02 Å². The third-order valence-electron chi connectivity index (χ3n) is 6.17. The molecule has 1 aromatic carbocycles. The minimum atomic E-state index is -0.310. The summed E-state index contributed by atoms with van der Waals surface area (Å²) in [5, 5.41) is 0.628. The Morgan fingerprint density at radius 2 is 1.76 bits per heavy atom. The second-order valence-corrected chi connectivity index (χ2v) is 8.78. The maximum Gasteiger partial charge on any atom is 0.415 e. The summed E-state index contributed by atoms with van der Waals surface area (Å²) in [6, 6.07) is 7.08. The van der Waals surface area contributed by atoms with Gasteiger partial charge in [-0.15, -0.1) is 0 Å². The van der Waals surface area contributed by atoms with Gasteiger partial charge >= 0.3 is 6.09 Å². The summed E-state index contributed by atoms with van der Waals surface area (Å²) in [6.45, 7) is 4.70. The van der Waals surface area contributed by atoms with E-state index in [4.69, 9.17) is 21.1 Å². The fraction of sp³-hybridized carbons (Fsp3) is 0.696. The average molecular weight is 423 g/mol. The standard InChI is InChI=1S/C23H35ClN2O3/c1-25(23(27)29-22-11-7-19(24)8-12-22)20-9-13-21(14-10-20)28-18-6-2-3-15-26-16-4-5-17-26/h7-8,11-12,20-21H,2-6,9-10,13-18H2,1H3/t20-,21-. The molecule has 6 heteroatoms. The Labute approximate surface area is 180 Å². The molecule has 1 saturated carbocycles. The summed E-state index contributed by atoms with van der Waals surface area (Å²) < 4.78 is 11.5. The molecular weight excluding hydrogens is 388 g/mol. The lowest BCUT2D eigenvalue weighted by atomic mass is 9.92. The zero-order valence-corrected chi connectivity index (χ0v) is 18.4. The van der Waals surface area contributed by atoms with Gasteiger partial charge in [0, 0.05) is 24.7 Å². The Morgan fingerprint density at radius 1 is 1.07 bits per heavy atom. The summed E-state index contributed by atoms with van der Waals surface area (Å²) in [4.78, 5) is 16.7. The van der Waals surface area contributed by atoms with Crippen LogP contribution in [0.1, 0.15) is 57.8 Å². The maximum atomic E-state index is 12.4. The average Bonchev–Trinajstić information content (AvgIpc) is 3.25. The quantitative estimate of drug-likeness (QED) is 0.502. The summed E-state index contributed by atoms with van der Waals surface area (Å²) in [7, 11) is 1.82. The highest BCUT2D eigenvalue weighted by Crippen LogP contribution is 2.26. The van der Waals surface area contributed by atoms with Gasteiger partial charge in [-0.1, -0.05) is 11.6 Å². The van der Waals surface area contributed by atoms with Gasteiger partial charge in [-0.25, -0.2) is 4.79 Å². The Morgan fingerprint density at radius 3 is 2.45 bits per heavy atom. The van der Waals surface area contributed by atoms with Gasteiger partial charge in [0.1, 0.15) is 5.75 Å². The topological polar surface area (TPSA) is 42.0 Å². The van der Waals surface area contributed by atoms with Crippen LogP contribution in [0.15, 0.2) is 24.3 Å². The molecule has 3 rings (SSSR count). The van der Waals surface area contributed by atoms with Crippen molar-refractivity contribution < 1.29 is 14.3 Å². The van der Waals surface area contributed by atoms with Gasteiger partial charge in [0.2, 0.25) is 0 Å². The lowest BCUT2D eigenvalue weighted by Gasteiger charge is -2.34. The highest BCUT2D eigenvalue weighted by molar-refractivity contribution is 6.30. The van der Waals surface area contributed by atoms with E-state index >= 15 is 0 Å². The van der Waals surface area contributed by atoms with Gasteiger partial charge in [-0.05, 0) is 102 Å². The van der Waals surface area contributed by atoms with E-state index in [9.17, 15) is 4.79 Å². The molecule has 1 aromatic rings. The number of unbranched alkanes of at least 4 members (excludes halogenated alkanes) is 2. The van der Waals surface area contributed by atoms with E-state index in [1.807, 2.05) is 7.05 Å². The fourth-order valence-corrected chi connectivity index (χ4v) is 4.42. The smallest absolute Gasteiger partial charge is 0.410 e. The first-order valence-corrected chi connectivity index (χ1v) is 11.5. The number of ether oxygens (including phenoxy) is 2. The zero-order valence-electron chi connectivity index (χ0n) is 17.7. The number of hydrogen-bond acceptors (Lipinski definition) is 4. The van der Waals surface area contributed by atoms with Crippen LogP contribution in [0, 0.1) is 0 Å².